The first kappa shape index (κ1) is 16.2. The molecule has 106 valence electrons. The van der Waals surface area contributed by atoms with Gasteiger partial charge in [-0.15, -0.1) is 0 Å². The zero-order chi connectivity index (χ0) is 14.3. The zero-order valence-electron chi connectivity index (χ0n) is 11.0. The molecule has 0 saturated heterocycles. The Morgan fingerprint density at radius 3 is 2.84 bits per heavy atom. The van der Waals surface area contributed by atoms with Crippen molar-refractivity contribution in [3.8, 4) is 0 Å². The van der Waals surface area contributed by atoms with Crippen molar-refractivity contribution in [2.75, 3.05) is 26.8 Å². The molecule has 6 heteroatoms. The van der Waals surface area contributed by atoms with Gasteiger partial charge in [-0.3, -0.25) is 4.79 Å². The van der Waals surface area contributed by atoms with Gasteiger partial charge in [0.05, 0.1) is 13.2 Å². The van der Waals surface area contributed by atoms with Gasteiger partial charge in [0, 0.05) is 29.7 Å². The maximum absolute atomic E-state index is 11.5. The molecule has 1 atom stereocenters. The van der Waals surface area contributed by atoms with E-state index in [0.29, 0.717) is 23.2 Å². The molecule has 1 unspecified atom stereocenters. The molecule has 0 fully saturated rings. The second kappa shape index (κ2) is 8.38. The van der Waals surface area contributed by atoms with Crippen molar-refractivity contribution in [3.05, 3.63) is 33.8 Å². The molecule has 0 saturated carbocycles. The number of halogens is 2. The van der Waals surface area contributed by atoms with Gasteiger partial charge in [0.25, 0.3) is 0 Å². The molecule has 0 aliphatic rings. The molecule has 1 aromatic rings. The van der Waals surface area contributed by atoms with Crippen LogP contribution < -0.4 is 10.6 Å². The molecule has 0 heterocycles. The van der Waals surface area contributed by atoms with E-state index in [0.717, 1.165) is 5.56 Å². The lowest BCUT2D eigenvalue weighted by Crippen LogP contribution is -2.36. The van der Waals surface area contributed by atoms with E-state index in [1.807, 2.05) is 6.92 Å². The second-order valence-electron chi connectivity index (χ2n) is 4.11. The van der Waals surface area contributed by atoms with E-state index in [2.05, 4.69) is 10.6 Å². The van der Waals surface area contributed by atoms with Crippen LogP contribution in [0.2, 0.25) is 10.0 Å². The summed E-state index contributed by atoms with van der Waals surface area (Å²) >= 11 is 12.0. The van der Waals surface area contributed by atoms with E-state index >= 15 is 0 Å². The van der Waals surface area contributed by atoms with E-state index in [1.165, 1.54) is 0 Å². The molecule has 0 radical (unpaired) electrons. The van der Waals surface area contributed by atoms with Crippen molar-refractivity contribution in [1.29, 1.82) is 0 Å². The summed E-state index contributed by atoms with van der Waals surface area (Å²) in [5.74, 6) is -0.0814. The van der Waals surface area contributed by atoms with Crippen molar-refractivity contribution in [3.63, 3.8) is 0 Å². The highest BCUT2D eigenvalue weighted by molar-refractivity contribution is 6.33. The Morgan fingerprint density at radius 1 is 1.42 bits per heavy atom. The summed E-state index contributed by atoms with van der Waals surface area (Å²) in [6.07, 6.45) is 0. The summed E-state index contributed by atoms with van der Waals surface area (Å²) in [7, 11) is 1.59. The molecule has 19 heavy (non-hydrogen) atoms. The lowest BCUT2D eigenvalue weighted by Gasteiger charge is -2.16. The molecule has 1 amide bonds. The van der Waals surface area contributed by atoms with E-state index in [4.69, 9.17) is 27.9 Å². The largest absolute Gasteiger partial charge is 0.383 e. The summed E-state index contributed by atoms with van der Waals surface area (Å²) < 4.78 is 4.85. The number of hydrogen-bond donors (Lipinski definition) is 2. The van der Waals surface area contributed by atoms with Gasteiger partial charge in [-0.2, -0.15) is 0 Å². The van der Waals surface area contributed by atoms with Crippen molar-refractivity contribution < 1.29 is 9.53 Å². The third kappa shape index (κ3) is 5.78. The third-order valence-corrected chi connectivity index (χ3v) is 3.20. The predicted octanol–water partition coefficient (Wildman–Crippen LogP) is 2.41. The van der Waals surface area contributed by atoms with Crippen LogP contribution in [0.4, 0.5) is 0 Å². The van der Waals surface area contributed by atoms with Gasteiger partial charge in [-0.25, -0.2) is 0 Å². The number of hydrogen-bond acceptors (Lipinski definition) is 3. The molecule has 0 aliphatic carbocycles. The monoisotopic (exact) mass is 304 g/mol. The first-order valence-corrected chi connectivity index (χ1v) is 6.74. The summed E-state index contributed by atoms with van der Waals surface area (Å²) in [5.41, 5.74) is 0.874. The molecular formula is C13H18Cl2N2O2. The number of ether oxygens (including phenoxy) is 1. The van der Waals surface area contributed by atoms with Crippen molar-refractivity contribution in [2.45, 2.75) is 13.0 Å². The zero-order valence-corrected chi connectivity index (χ0v) is 12.5. The quantitative estimate of drug-likeness (QED) is 0.761. The van der Waals surface area contributed by atoms with Crippen LogP contribution in [0.1, 0.15) is 18.5 Å². The van der Waals surface area contributed by atoms with Gasteiger partial charge >= 0.3 is 0 Å². The molecule has 2 N–H and O–H groups in total. The summed E-state index contributed by atoms with van der Waals surface area (Å²) in [5, 5.41) is 7.08. The average Bonchev–Trinajstić information content (AvgIpc) is 2.39. The smallest absolute Gasteiger partial charge is 0.234 e. The molecule has 0 spiro atoms. The van der Waals surface area contributed by atoms with Gasteiger partial charge in [0.15, 0.2) is 0 Å². The Kier molecular flexibility index (Phi) is 7.16. The number of benzene rings is 1. The van der Waals surface area contributed by atoms with Crippen LogP contribution in [0.25, 0.3) is 0 Å². The Bertz CT molecular complexity index is 427. The third-order valence-electron chi connectivity index (χ3n) is 2.62. The van der Waals surface area contributed by atoms with Gasteiger partial charge in [-0.1, -0.05) is 23.2 Å². The Balaban J connectivity index is 2.44. The van der Waals surface area contributed by atoms with Crippen LogP contribution in [0.15, 0.2) is 18.2 Å². The summed E-state index contributed by atoms with van der Waals surface area (Å²) in [6.45, 7) is 3.15. The fraction of sp³-hybridized carbons (Fsp3) is 0.462. The molecule has 4 nitrogen and oxygen atoms in total. The summed E-state index contributed by atoms with van der Waals surface area (Å²) in [4.78, 5) is 11.5. The van der Waals surface area contributed by atoms with Gasteiger partial charge in [0.2, 0.25) is 5.91 Å². The van der Waals surface area contributed by atoms with E-state index in [1.54, 1.807) is 25.3 Å². The van der Waals surface area contributed by atoms with E-state index in [9.17, 15) is 4.79 Å². The molecule has 0 bridgehead atoms. The summed E-state index contributed by atoms with van der Waals surface area (Å²) in [6, 6.07) is 5.22. The Morgan fingerprint density at radius 2 is 2.16 bits per heavy atom. The van der Waals surface area contributed by atoms with Crippen LogP contribution in [0.5, 0.6) is 0 Å². The molecular weight excluding hydrogens is 287 g/mol. The van der Waals surface area contributed by atoms with Crippen LogP contribution in [0.3, 0.4) is 0 Å². The topological polar surface area (TPSA) is 50.4 Å². The lowest BCUT2D eigenvalue weighted by atomic mass is 10.1. The van der Waals surface area contributed by atoms with Gasteiger partial charge in [-0.05, 0) is 30.7 Å². The van der Waals surface area contributed by atoms with E-state index < -0.39 is 0 Å². The van der Waals surface area contributed by atoms with Crippen LogP contribution in [0, 0.1) is 0 Å². The Labute approximate surface area is 123 Å². The highest BCUT2D eigenvalue weighted by Gasteiger charge is 2.11. The number of nitrogens with one attached hydrogen (secondary N) is 2. The number of methoxy groups -OCH3 is 1. The fourth-order valence-electron chi connectivity index (χ4n) is 1.56. The molecule has 1 rings (SSSR count). The van der Waals surface area contributed by atoms with Crippen molar-refractivity contribution in [1.82, 2.24) is 10.6 Å². The Hall–Kier alpha value is -0.810. The number of rotatable bonds is 7. The first-order chi connectivity index (χ1) is 9.04. The first-order valence-electron chi connectivity index (χ1n) is 5.98. The number of amides is 1. The SMILES string of the molecule is COCCNC(=O)CNC(C)c1cc(Cl)ccc1Cl. The molecule has 0 aliphatic heterocycles. The highest BCUT2D eigenvalue weighted by Crippen LogP contribution is 2.25. The highest BCUT2D eigenvalue weighted by atomic mass is 35.5. The van der Waals surface area contributed by atoms with Crippen molar-refractivity contribution in [2.24, 2.45) is 0 Å². The van der Waals surface area contributed by atoms with Crippen molar-refractivity contribution >= 4 is 29.1 Å². The van der Waals surface area contributed by atoms with Crippen LogP contribution >= 0.6 is 23.2 Å². The second-order valence-corrected chi connectivity index (χ2v) is 4.95. The minimum Gasteiger partial charge on any atom is -0.383 e. The molecule has 0 aromatic heterocycles. The minimum absolute atomic E-state index is 0.0561. The van der Waals surface area contributed by atoms with Gasteiger partial charge in [0.1, 0.15) is 0 Å². The molecule has 1 aromatic carbocycles. The van der Waals surface area contributed by atoms with Gasteiger partial charge < -0.3 is 15.4 Å². The normalized spacial score (nSPS) is 12.2. The maximum atomic E-state index is 11.5. The average molecular weight is 305 g/mol. The number of carbonyl (C=O) groups is 1. The lowest BCUT2D eigenvalue weighted by molar-refractivity contribution is -0.120. The number of carbonyl (C=O) groups excluding carboxylic acids is 1. The minimum atomic E-state index is -0.0814. The predicted molar refractivity (Wildman–Crippen MR) is 77.8 cm³/mol. The van der Waals surface area contributed by atoms with Crippen LogP contribution in [-0.4, -0.2) is 32.7 Å². The van der Waals surface area contributed by atoms with E-state index in [-0.39, 0.29) is 18.5 Å². The standard InChI is InChI=1S/C13H18Cl2N2O2/c1-9(11-7-10(14)3-4-12(11)15)17-8-13(18)16-5-6-19-2/h3-4,7,9,17H,5-6,8H2,1-2H3,(H,16,18). The maximum Gasteiger partial charge on any atom is 0.234 e. The van der Waals surface area contributed by atoms with Crippen LogP contribution in [-0.2, 0) is 9.53 Å². The fourth-order valence-corrected chi connectivity index (χ4v) is 2.02.